The van der Waals surface area contributed by atoms with Gasteiger partial charge < -0.3 is 9.67 Å². The van der Waals surface area contributed by atoms with E-state index in [0.717, 1.165) is 46.8 Å². The van der Waals surface area contributed by atoms with Crippen LogP contribution in [-0.4, -0.2) is 11.0 Å². The van der Waals surface area contributed by atoms with Crippen molar-refractivity contribution in [1.29, 1.82) is 0 Å². The topological polar surface area (TPSA) is 37.3 Å². The van der Waals surface area contributed by atoms with Crippen LogP contribution in [0.2, 0.25) is 0 Å². The van der Waals surface area contributed by atoms with Gasteiger partial charge in [-0.05, 0) is 35.1 Å². The molecule has 4 rings (SSSR count). The fourth-order valence-electron chi connectivity index (χ4n) is 4.13. The normalized spacial score (nSPS) is 21.4. The van der Waals surface area contributed by atoms with Crippen LogP contribution in [0.3, 0.4) is 0 Å². The first-order chi connectivity index (χ1) is 13.7. The van der Waals surface area contributed by atoms with Crippen molar-refractivity contribution in [3.05, 3.63) is 96.1 Å². The maximum Gasteiger partial charge on any atom is 0.175 e. The number of fused-ring (bicyclic) bond motifs is 1. The number of allylic oxidation sites excluding steroid dienone is 1. The molecule has 1 aliphatic heterocycles. The van der Waals surface area contributed by atoms with E-state index in [0.29, 0.717) is 5.30 Å². The quantitative estimate of drug-likeness (QED) is 0.592. The largest absolute Gasteiger partial charge is 0.380 e. The van der Waals surface area contributed by atoms with E-state index >= 15 is 0 Å². The van der Waals surface area contributed by atoms with Crippen LogP contribution in [0.4, 0.5) is 0 Å². The van der Waals surface area contributed by atoms with Crippen LogP contribution in [0.15, 0.2) is 84.9 Å². The van der Waals surface area contributed by atoms with Gasteiger partial charge >= 0.3 is 0 Å². The van der Waals surface area contributed by atoms with Crippen molar-refractivity contribution < 1.29 is 9.67 Å². The molecule has 0 fully saturated rings. The molecule has 0 saturated carbocycles. The third-order valence-corrected chi connectivity index (χ3v) is 8.64. The predicted molar refractivity (Wildman–Crippen MR) is 119 cm³/mol. The highest BCUT2D eigenvalue weighted by molar-refractivity contribution is 7.79. The van der Waals surface area contributed by atoms with Crippen molar-refractivity contribution in [2.75, 3.05) is 0 Å². The third-order valence-electron chi connectivity index (χ3n) is 5.52. The molecule has 2 atom stereocenters. The van der Waals surface area contributed by atoms with Gasteiger partial charge in [-0.3, -0.25) is 0 Å². The van der Waals surface area contributed by atoms with Gasteiger partial charge in [0, 0.05) is 10.6 Å². The van der Waals surface area contributed by atoms with E-state index in [2.05, 4.69) is 13.0 Å². The molecule has 0 spiro atoms. The smallest absolute Gasteiger partial charge is 0.175 e. The lowest BCUT2D eigenvalue weighted by atomic mass is 9.91. The number of aliphatic hydroxyl groups excluding tert-OH is 1. The van der Waals surface area contributed by atoms with Gasteiger partial charge in [0.1, 0.15) is 5.85 Å². The van der Waals surface area contributed by atoms with Gasteiger partial charge in [-0.1, -0.05) is 98.3 Å². The van der Waals surface area contributed by atoms with Gasteiger partial charge in [0.2, 0.25) is 0 Å². The monoisotopic (exact) mass is 388 g/mol. The van der Waals surface area contributed by atoms with E-state index in [9.17, 15) is 9.67 Å². The molecule has 0 saturated heterocycles. The van der Waals surface area contributed by atoms with Crippen molar-refractivity contribution in [3.63, 3.8) is 0 Å². The van der Waals surface area contributed by atoms with Gasteiger partial charge in [0.15, 0.2) is 7.14 Å². The summed E-state index contributed by atoms with van der Waals surface area (Å²) < 4.78 is 14.5. The van der Waals surface area contributed by atoms with Crippen molar-refractivity contribution in [1.82, 2.24) is 0 Å². The van der Waals surface area contributed by atoms with E-state index in [1.807, 2.05) is 78.9 Å². The van der Waals surface area contributed by atoms with Crippen LogP contribution in [0.25, 0.3) is 11.1 Å². The van der Waals surface area contributed by atoms with Gasteiger partial charge in [-0.2, -0.15) is 0 Å². The molecule has 0 aromatic heterocycles. The first-order valence-electron chi connectivity index (χ1n) is 9.89. The summed E-state index contributed by atoms with van der Waals surface area (Å²) in [6.45, 7) is 2.17. The Kier molecular flexibility index (Phi) is 5.35. The van der Waals surface area contributed by atoms with E-state index < -0.39 is 13.0 Å². The molecule has 2 unspecified atom stereocenters. The SMILES string of the molecule is CCCCC1=C(c2ccccc2)C(O)P(=O)(c2ccccc2)c2ccccc21. The molecule has 142 valence electrons. The summed E-state index contributed by atoms with van der Waals surface area (Å²) in [6, 6.07) is 27.3. The Balaban J connectivity index is 2.03. The summed E-state index contributed by atoms with van der Waals surface area (Å²) in [6.07, 6.45) is 2.96. The number of rotatable bonds is 5. The molecule has 28 heavy (non-hydrogen) atoms. The average Bonchev–Trinajstić information content (AvgIpc) is 2.76. The predicted octanol–water partition coefficient (Wildman–Crippen LogP) is 5.43. The Morgan fingerprint density at radius 3 is 2.14 bits per heavy atom. The van der Waals surface area contributed by atoms with E-state index in [-0.39, 0.29) is 0 Å². The second kappa shape index (κ2) is 7.91. The molecule has 3 aromatic carbocycles. The molecule has 1 heterocycles. The molecular weight excluding hydrogens is 363 g/mol. The van der Waals surface area contributed by atoms with Gasteiger partial charge in [-0.25, -0.2) is 0 Å². The zero-order chi connectivity index (χ0) is 19.6. The summed E-state index contributed by atoms with van der Waals surface area (Å²) in [4.78, 5) is 0. The number of aliphatic hydroxyl groups is 1. The highest BCUT2D eigenvalue weighted by Crippen LogP contribution is 2.58. The zero-order valence-corrected chi connectivity index (χ0v) is 17.0. The lowest BCUT2D eigenvalue weighted by Crippen LogP contribution is -2.32. The Labute approximate surface area is 166 Å². The number of hydrogen-bond donors (Lipinski definition) is 1. The Bertz CT molecular complexity index is 1040. The minimum atomic E-state index is -3.24. The highest BCUT2D eigenvalue weighted by atomic mass is 31.2. The van der Waals surface area contributed by atoms with Crippen LogP contribution in [-0.2, 0) is 4.57 Å². The van der Waals surface area contributed by atoms with Crippen LogP contribution in [0.5, 0.6) is 0 Å². The van der Waals surface area contributed by atoms with Crippen molar-refractivity contribution in [2.24, 2.45) is 0 Å². The van der Waals surface area contributed by atoms with Crippen molar-refractivity contribution >= 4 is 28.9 Å². The van der Waals surface area contributed by atoms with Crippen molar-refractivity contribution in [3.8, 4) is 0 Å². The van der Waals surface area contributed by atoms with E-state index in [4.69, 9.17) is 0 Å². The molecule has 3 heteroatoms. The Morgan fingerprint density at radius 2 is 1.46 bits per heavy atom. The van der Waals surface area contributed by atoms with E-state index in [1.54, 1.807) is 0 Å². The van der Waals surface area contributed by atoms with Crippen LogP contribution in [0.1, 0.15) is 37.3 Å². The first-order valence-corrected chi connectivity index (χ1v) is 11.7. The maximum absolute atomic E-state index is 14.5. The lowest BCUT2D eigenvalue weighted by molar-refractivity contribution is 0.304. The fraction of sp³-hybridized carbons (Fsp3) is 0.200. The third kappa shape index (κ3) is 3.07. The highest BCUT2D eigenvalue weighted by Gasteiger charge is 2.44. The molecule has 3 aromatic rings. The van der Waals surface area contributed by atoms with Crippen LogP contribution < -0.4 is 10.6 Å². The standard InChI is InChI=1S/C25H25O2P/c1-2-3-16-22-21-17-10-11-18-23(21)28(27,20-14-8-5-9-15-20)25(26)24(22)19-12-6-4-7-13-19/h4-15,17-18,25-26H,2-3,16H2,1H3. The Hall–Kier alpha value is -2.41. The number of benzene rings is 3. The summed E-state index contributed by atoms with van der Waals surface area (Å²) in [5.41, 5.74) is 3.91. The average molecular weight is 388 g/mol. The summed E-state index contributed by atoms with van der Waals surface area (Å²) in [5.74, 6) is -1.04. The molecule has 2 nitrogen and oxygen atoms in total. The van der Waals surface area contributed by atoms with Crippen LogP contribution >= 0.6 is 7.14 Å². The van der Waals surface area contributed by atoms with Crippen molar-refractivity contribution in [2.45, 2.75) is 32.0 Å². The maximum atomic E-state index is 14.5. The second-order valence-electron chi connectivity index (χ2n) is 7.25. The minimum absolute atomic E-state index is 0.706. The molecule has 0 amide bonds. The zero-order valence-electron chi connectivity index (χ0n) is 16.1. The molecule has 0 radical (unpaired) electrons. The summed E-state index contributed by atoms with van der Waals surface area (Å²) in [5, 5.41) is 13.1. The second-order valence-corrected chi connectivity index (χ2v) is 10.0. The number of unbranched alkanes of at least 4 members (excludes halogenated alkanes) is 1. The first kappa shape index (κ1) is 18.9. The van der Waals surface area contributed by atoms with Gasteiger partial charge in [0.25, 0.3) is 0 Å². The fourth-order valence-corrected chi connectivity index (χ4v) is 7.11. The minimum Gasteiger partial charge on any atom is -0.380 e. The molecule has 0 bridgehead atoms. The molecule has 0 aliphatic carbocycles. The molecule has 1 N–H and O–H groups in total. The lowest BCUT2D eigenvalue weighted by Gasteiger charge is -2.35. The summed E-state index contributed by atoms with van der Waals surface area (Å²) in [7, 11) is -3.24. The summed E-state index contributed by atoms with van der Waals surface area (Å²) >= 11 is 0. The van der Waals surface area contributed by atoms with Crippen LogP contribution in [0, 0.1) is 0 Å². The molecule has 1 aliphatic rings. The van der Waals surface area contributed by atoms with Gasteiger partial charge in [0.05, 0.1) is 0 Å². The Morgan fingerprint density at radius 1 is 0.857 bits per heavy atom. The molecular formula is C25H25O2P. The van der Waals surface area contributed by atoms with E-state index in [1.165, 1.54) is 0 Å². The number of hydrogen-bond acceptors (Lipinski definition) is 2. The van der Waals surface area contributed by atoms with Gasteiger partial charge in [-0.15, -0.1) is 0 Å².